The van der Waals surface area contributed by atoms with E-state index in [0.717, 1.165) is 11.1 Å². The van der Waals surface area contributed by atoms with Gasteiger partial charge < -0.3 is 24.4 Å². The van der Waals surface area contributed by atoms with Gasteiger partial charge in [-0.05, 0) is 61.8 Å². The Hall–Kier alpha value is -3.32. The lowest BCUT2D eigenvalue weighted by atomic mass is 9.85. The number of likely N-dealkylation sites (tertiary alicyclic amines) is 1. The van der Waals surface area contributed by atoms with E-state index in [4.69, 9.17) is 9.47 Å². The summed E-state index contributed by atoms with van der Waals surface area (Å²) in [6, 6.07) is 12.1. The van der Waals surface area contributed by atoms with Gasteiger partial charge in [-0.25, -0.2) is 0 Å². The fourth-order valence-corrected chi connectivity index (χ4v) is 4.18. The number of carbonyl (C=O) groups excluding carboxylic acids is 2. The maximum atomic E-state index is 13.3. The van der Waals surface area contributed by atoms with Gasteiger partial charge in [0, 0.05) is 13.1 Å². The molecule has 1 unspecified atom stereocenters. The highest BCUT2D eigenvalue weighted by atomic mass is 16.5. The molecule has 7 heteroatoms. The Labute approximate surface area is 207 Å². The lowest BCUT2D eigenvalue weighted by Crippen LogP contribution is -2.35. The van der Waals surface area contributed by atoms with Crippen LogP contribution in [0.25, 0.3) is 5.76 Å². The molecule has 1 N–H and O–H groups in total. The zero-order valence-electron chi connectivity index (χ0n) is 21.7. The Morgan fingerprint density at radius 1 is 1.09 bits per heavy atom. The molecule has 0 spiro atoms. The van der Waals surface area contributed by atoms with E-state index >= 15 is 0 Å². The molecule has 7 nitrogen and oxygen atoms in total. The van der Waals surface area contributed by atoms with Gasteiger partial charge in [-0.1, -0.05) is 39.0 Å². The summed E-state index contributed by atoms with van der Waals surface area (Å²) in [5.41, 5.74) is 1.95. The Morgan fingerprint density at radius 3 is 2.29 bits per heavy atom. The van der Waals surface area contributed by atoms with E-state index in [1.54, 1.807) is 6.07 Å². The van der Waals surface area contributed by atoms with Gasteiger partial charge in [0.25, 0.3) is 11.7 Å². The summed E-state index contributed by atoms with van der Waals surface area (Å²) in [7, 11) is 5.33. The summed E-state index contributed by atoms with van der Waals surface area (Å²) in [5.74, 6) is -0.444. The number of hydrogen-bond acceptors (Lipinski definition) is 6. The standard InChI is InChI=1S/C28H36N2O5/c1-8-35-20-12-9-18(10-13-20)24-23(26(32)27(33)30(24)16-15-29(5)6)25(31)21-17-19(28(2,3)4)11-14-22(21)34-7/h9-14,17,24,31H,8,15-16H2,1-7H3/b25-23+. The summed E-state index contributed by atoms with van der Waals surface area (Å²) in [6.45, 7) is 9.55. The van der Waals surface area contributed by atoms with E-state index in [1.807, 2.05) is 62.3 Å². The van der Waals surface area contributed by atoms with Gasteiger partial charge in [0.2, 0.25) is 0 Å². The normalized spacial score (nSPS) is 17.8. The van der Waals surface area contributed by atoms with Crippen LogP contribution in [0.1, 0.15) is 50.4 Å². The Bertz CT molecular complexity index is 1110. The van der Waals surface area contributed by atoms with Gasteiger partial charge in [0.1, 0.15) is 17.3 Å². The first-order valence-electron chi connectivity index (χ1n) is 11.8. The van der Waals surface area contributed by atoms with Crippen molar-refractivity contribution < 1.29 is 24.2 Å². The van der Waals surface area contributed by atoms with Crippen LogP contribution in [0.3, 0.4) is 0 Å². The van der Waals surface area contributed by atoms with Crippen molar-refractivity contribution in [2.24, 2.45) is 0 Å². The number of ether oxygens (including phenoxy) is 2. The van der Waals surface area contributed by atoms with Crippen molar-refractivity contribution in [2.45, 2.75) is 39.2 Å². The van der Waals surface area contributed by atoms with Gasteiger partial charge in [0.05, 0.1) is 30.9 Å². The van der Waals surface area contributed by atoms with Crippen molar-refractivity contribution in [3.63, 3.8) is 0 Å². The average Bonchev–Trinajstić information content (AvgIpc) is 3.06. The smallest absolute Gasteiger partial charge is 0.295 e. The molecular weight excluding hydrogens is 444 g/mol. The number of amides is 1. The minimum atomic E-state index is -0.728. The number of likely N-dealkylation sites (N-methyl/N-ethyl adjacent to an activating group) is 1. The van der Waals surface area contributed by atoms with E-state index in [1.165, 1.54) is 12.0 Å². The number of aliphatic hydroxyl groups is 1. The van der Waals surface area contributed by atoms with Gasteiger partial charge in [0.15, 0.2) is 0 Å². The lowest BCUT2D eigenvalue weighted by molar-refractivity contribution is -0.140. The first kappa shape index (κ1) is 26.3. The quantitative estimate of drug-likeness (QED) is 0.343. The molecule has 1 atom stereocenters. The zero-order valence-corrected chi connectivity index (χ0v) is 21.7. The summed E-state index contributed by atoms with van der Waals surface area (Å²) >= 11 is 0. The maximum Gasteiger partial charge on any atom is 0.295 e. The highest BCUT2D eigenvalue weighted by molar-refractivity contribution is 6.46. The molecule has 0 saturated carbocycles. The van der Waals surface area contributed by atoms with E-state index in [9.17, 15) is 14.7 Å². The third-order valence-electron chi connectivity index (χ3n) is 6.16. The molecule has 2 aromatic carbocycles. The number of nitrogens with zero attached hydrogens (tertiary/aromatic N) is 2. The summed E-state index contributed by atoms with van der Waals surface area (Å²) in [6.07, 6.45) is 0. The second kappa shape index (κ2) is 10.5. The van der Waals surface area contributed by atoms with Gasteiger partial charge in [-0.3, -0.25) is 9.59 Å². The van der Waals surface area contributed by atoms with Crippen molar-refractivity contribution in [3.8, 4) is 11.5 Å². The van der Waals surface area contributed by atoms with Crippen LogP contribution in [-0.2, 0) is 15.0 Å². The molecule has 0 bridgehead atoms. The predicted molar refractivity (Wildman–Crippen MR) is 137 cm³/mol. The van der Waals surface area contributed by atoms with Crippen molar-refractivity contribution in [3.05, 3.63) is 64.7 Å². The fraction of sp³-hybridized carbons (Fsp3) is 0.429. The van der Waals surface area contributed by atoms with E-state index in [2.05, 4.69) is 20.8 Å². The molecule has 1 amide bonds. The second-order valence-corrected chi connectivity index (χ2v) is 9.96. The fourth-order valence-electron chi connectivity index (χ4n) is 4.18. The molecule has 35 heavy (non-hydrogen) atoms. The Kier molecular flexibility index (Phi) is 7.90. The Balaban J connectivity index is 2.21. The van der Waals surface area contributed by atoms with Crippen molar-refractivity contribution in [2.75, 3.05) is 40.9 Å². The highest BCUT2D eigenvalue weighted by Gasteiger charge is 2.46. The Morgan fingerprint density at radius 2 is 1.74 bits per heavy atom. The van der Waals surface area contributed by atoms with E-state index in [0.29, 0.717) is 36.8 Å². The molecule has 1 aliphatic rings. The largest absolute Gasteiger partial charge is 0.507 e. The molecule has 0 aromatic heterocycles. The van der Waals surface area contributed by atoms with Gasteiger partial charge in [-0.2, -0.15) is 0 Å². The van der Waals surface area contributed by atoms with Crippen molar-refractivity contribution in [1.29, 1.82) is 0 Å². The molecular formula is C28H36N2O5. The second-order valence-electron chi connectivity index (χ2n) is 9.96. The lowest BCUT2D eigenvalue weighted by Gasteiger charge is -2.27. The number of benzene rings is 2. The number of Topliss-reactive ketones (excluding diaryl/α,β-unsaturated/α-hetero) is 1. The monoisotopic (exact) mass is 480 g/mol. The molecule has 0 radical (unpaired) electrons. The molecule has 3 rings (SSSR count). The van der Waals surface area contributed by atoms with E-state index in [-0.39, 0.29) is 16.7 Å². The number of aliphatic hydroxyl groups excluding tert-OH is 1. The van der Waals surface area contributed by atoms with Crippen LogP contribution < -0.4 is 9.47 Å². The molecule has 1 fully saturated rings. The summed E-state index contributed by atoms with van der Waals surface area (Å²) in [5, 5.41) is 11.5. The third-order valence-corrected chi connectivity index (χ3v) is 6.16. The summed E-state index contributed by atoms with van der Waals surface area (Å²) in [4.78, 5) is 30.0. The van der Waals surface area contributed by atoms with Crippen LogP contribution >= 0.6 is 0 Å². The number of rotatable bonds is 8. The molecule has 2 aromatic rings. The van der Waals surface area contributed by atoms with E-state index < -0.39 is 17.7 Å². The molecule has 1 aliphatic heterocycles. The first-order chi connectivity index (χ1) is 16.5. The van der Waals surface area contributed by atoms with Crippen LogP contribution in [0.4, 0.5) is 0 Å². The van der Waals surface area contributed by atoms with Crippen LogP contribution in [-0.4, -0.2) is 67.5 Å². The van der Waals surface area contributed by atoms with Crippen molar-refractivity contribution in [1.82, 2.24) is 9.80 Å². The van der Waals surface area contributed by atoms with Crippen LogP contribution in [0, 0.1) is 0 Å². The van der Waals surface area contributed by atoms with Gasteiger partial charge in [-0.15, -0.1) is 0 Å². The van der Waals surface area contributed by atoms with Crippen LogP contribution in [0.2, 0.25) is 0 Å². The van der Waals surface area contributed by atoms with Crippen LogP contribution in [0.5, 0.6) is 11.5 Å². The van der Waals surface area contributed by atoms with Gasteiger partial charge >= 0.3 is 0 Å². The minimum Gasteiger partial charge on any atom is -0.507 e. The average molecular weight is 481 g/mol. The maximum absolute atomic E-state index is 13.3. The number of hydrogen-bond donors (Lipinski definition) is 1. The molecule has 188 valence electrons. The minimum absolute atomic E-state index is 0.0577. The predicted octanol–water partition coefficient (Wildman–Crippen LogP) is 4.37. The molecule has 0 aliphatic carbocycles. The van der Waals surface area contributed by atoms with Crippen LogP contribution in [0.15, 0.2) is 48.0 Å². The number of methoxy groups -OCH3 is 1. The van der Waals surface area contributed by atoms with Crippen molar-refractivity contribution >= 4 is 17.4 Å². The highest BCUT2D eigenvalue weighted by Crippen LogP contribution is 2.42. The molecule has 1 heterocycles. The topological polar surface area (TPSA) is 79.3 Å². The third kappa shape index (κ3) is 5.51. The summed E-state index contributed by atoms with van der Waals surface area (Å²) < 4.78 is 11.1. The number of carbonyl (C=O) groups is 2. The SMILES string of the molecule is CCOc1ccc(C2/C(=C(\O)c3cc(C(C)(C)C)ccc3OC)C(=O)C(=O)N2CCN(C)C)cc1. The number of ketones is 1. The zero-order chi connectivity index (χ0) is 25.9. The molecule has 1 saturated heterocycles. The first-order valence-corrected chi connectivity index (χ1v) is 11.8.